The Balaban J connectivity index is 0.00000317. The highest BCUT2D eigenvalue weighted by Gasteiger charge is 2.48. The number of aliphatic hydroxyl groups excluding tert-OH is 7. The molecule has 0 saturated carbocycles. The number of carboxylic acids is 2. The Morgan fingerprint density at radius 3 is 1.86 bits per heavy atom. The number of nitrogens with two attached hydrogens (primary N) is 2. The number of hydrogen-bond donors (Lipinski definition) is 18. The molecular weight excluding hydrogens is 1120 g/mol. The first-order chi connectivity index (χ1) is 41.4. The number of carbonyl (C=O) groups excluding carboxylic acids is 7. The van der Waals surface area contributed by atoms with Gasteiger partial charge < -0.3 is 98.9 Å². The summed E-state index contributed by atoms with van der Waals surface area (Å²) < 4.78 is 32.7. The van der Waals surface area contributed by atoms with Crippen LogP contribution in [0, 0.1) is 17.8 Å². The number of carbonyl (C=O) groups is 9. The van der Waals surface area contributed by atoms with Gasteiger partial charge in [0.05, 0.1) is 36.4 Å². The van der Waals surface area contributed by atoms with Gasteiger partial charge in [-0.2, -0.15) is 0 Å². The van der Waals surface area contributed by atoms with Crippen molar-refractivity contribution in [3.05, 3.63) is 29.8 Å². The van der Waals surface area contributed by atoms with Gasteiger partial charge in [0, 0.05) is 71.2 Å². The van der Waals surface area contributed by atoms with E-state index in [1.807, 2.05) is 0 Å². The largest absolute Gasteiger partial charge is 0.508 e. The molecule has 4 rings (SSSR count). The van der Waals surface area contributed by atoms with Gasteiger partial charge in [0.25, 0.3) is 11.9 Å². The highest BCUT2D eigenvalue weighted by molar-refractivity contribution is 5.97. The summed E-state index contributed by atoms with van der Waals surface area (Å²) in [6, 6.07) is -5.27. The molecule has 0 unspecified atom stereocenters. The van der Waals surface area contributed by atoms with Gasteiger partial charge in [0.2, 0.25) is 41.4 Å². The van der Waals surface area contributed by atoms with Crippen LogP contribution in [0.25, 0.3) is 0 Å². The molecule has 3 fully saturated rings. The van der Waals surface area contributed by atoms with Gasteiger partial charge in [0.15, 0.2) is 0 Å². The predicted molar refractivity (Wildman–Crippen MR) is 307 cm³/mol. The van der Waals surface area contributed by atoms with E-state index in [2.05, 4.69) is 52.7 Å². The summed E-state index contributed by atoms with van der Waals surface area (Å²) in [6.45, 7) is 1.17. The Hall–Kier alpha value is -6.15. The van der Waals surface area contributed by atoms with E-state index in [1.165, 1.54) is 12.1 Å². The van der Waals surface area contributed by atoms with Gasteiger partial charge in [-0.05, 0) is 62.3 Å². The number of aromatic hydroxyl groups is 1. The monoisotopic (exact) mass is 1220 g/mol. The standard InChI is InChI=1S/C52H88N10O15.2C2H4O2/c1-5-28(2)22-29(3)12-10-8-6-7-9-11-13-40(69)56-35-24-38(67)46(55-21-20-54)60-47(72)34-26-61(27-39(34)68)51(76)42(37(66)18-19-53)58-50(75)43(45(71)44(70)31-14-16-32(64)17-15-31)59-49(74)36-23-33(65)25-62(36)52(77)41(30(4)63)57-48(35)73;2*1-2(3)4/h14-17,28-30,33-39,41-46,55,63-68,70-71H,5-13,18-27,53-54H2,1-4H3,(H,56,69)(H,57,73)(H,58,75)(H,59,74)(H,60,72);2*1H3,(H,3,4)/t28-,29+,30+,33+,34-,35-,36-,37+,38+,39+,41-,42-,43-,44-,45-,46-;;/m0../s1/i20D2,21D2;;. The molecule has 3 aliphatic rings. The van der Waals surface area contributed by atoms with Gasteiger partial charge in [-0.3, -0.25) is 48.5 Å². The van der Waals surface area contributed by atoms with E-state index in [9.17, 15) is 74.4 Å². The van der Waals surface area contributed by atoms with Gasteiger partial charge >= 0.3 is 0 Å². The molecule has 16 atom stereocenters. The first kappa shape index (κ1) is 68.0. The van der Waals surface area contributed by atoms with E-state index in [4.69, 9.17) is 36.8 Å². The van der Waals surface area contributed by atoms with Crippen LogP contribution < -0.4 is 43.4 Å². The SMILES string of the molecule is CC(=O)O.CC(=O)O.[2H]C([2H])(N)C([2H])([2H])N[C@H]1NC(=O)[C@H]2CN(C[C@H]2O)C(=O)[C@H]([C@H](O)CCN)NC(=O)[C@H]([C@H](O)[C@@H](O)c2ccc(O)cc2)NC(=O)[C@@H]2C[C@@H](O)CN2C(=O)[C@H]([C@@H](C)O)NC(=O)[C@@H](NC(=O)CCCCCCCC[C@@H](C)C[C@@H](C)CC)C[C@H]1O. The minimum atomic E-state index is -3.29. The molecule has 3 heterocycles. The lowest BCUT2D eigenvalue weighted by atomic mass is 9.91. The zero-order chi connectivity index (χ0) is 67.8. The third kappa shape index (κ3) is 25.8. The van der Waals surface area contributed by atoms with Crippen LogP contribution in [0.4, 0.5) is 0 Å². The number of phenols is 1. The fraction of sp³-hybridized carbons (Fsp3) is 0.732. The van der Waals surface area contributed by atoms with Crippen LogP contribution in [0.1, 0.15) is 142 Å². The summed E-state index contributed by atoms with van der Waals surface area (Å²) in [5.41, 5.74) is 11.1. The van der Waals surface area contributed by atoms with Crippen LogP contribution >= 0.6 is 0 Å². The summed E-state index contributed by atoms with van der Waals surface area (Å²) in [5.74, 6) is -10.5. The van der Waals surface area contributed by atoms with Crippen LogP contribution in [0.5, 0.6) is 5.75 Å². The van der Waals surface area contributed by atoms with Crippen molar-refractivity contribution in [3.63, 3.8) is 0 Å². The molecule has 29 heteroatoms. The third-order valence-corrected chi connectivity index (χ3v) is 14.7. The number of unbranched alkanes of at least 4 members (excludes halogenated alkanes) is 5. The van der Waals surface area contributed by atoms with Crippen molar-refractivity contribution in [2.45, 2.75) is 204 Å². The highest BCUT2D eigenvalue weighted by Crippen LogP contribution is 2.26. The van der Waals surface area contributed by atoms with E-state index in [0.29, 0.717) is 24.7 Å². The molecule has 29 nitrogen and oxygen atoms in total. The molecule has 20 N–H and O–H groups in total. The molecule has 0 spiro atoms. The van der Waals surface area contributed by atoms with Crippen molar-refractivity contribution in [1.29, 1.82) is 0 Å². The molecule has 85 heavy (non-hydrogen) atoms. The van der Waals surface area contributed by atoms with Crippen LogP contribution in [0.2, 0.25) is 0 Å². The van der Waals surface area contributed by atoms with Crippen molar-refractivity contribution in [2.75, 3.05) is 39.2 Å². The van der Waals surface area contributed by atoms with E-state index >= 15 is 0 Å². The molecule has 0 aromatic heterocycles. The maximum Gasteiger partial charge on any atom is 0.300 e. The number of hydrogen-bond acceptors (Lipinski definition) is 20. The molecule has 1 aromatic carbocycles. The maximum absolute atomic E-state index is 14.5. The lowest BCUT2D eigenvalue weighted by Crippen LogP contribution is -2.64. The average Bonchev–Trinajstić information content (AvgIpc) is 1.89. The molecular formula is C56H96N10O19. The second-order valence-corrected chi connectivity index (χ2v) is 22.1. The quantitative estimate of drug-likeness (QED) is 0.0478. The number of phenolic OH excluding ortho intramolecular Hbond substituents is 1. The lowest BCUT2D eigenvalue weighted by Gasteiger charge is -2.34. The number of nitrogens with one attached hydrogen (secondary N) is 6. The number of rotatable bonds is 23. The molecule has 3 saturated heterocycles. The van der Waals surface area contributed by atoms with E-state index in [1.54, 1.807) is 0 Å². The van der Waals surface area contributed by atoms with Crippen molar-refractivity contribution in [1.82, 2.24) is 41.7 Å². The minimum Gasteiger partial charge on any atom is -0.508 e. The molecule has 7 amide bonds. The normalized spacial score (nSPS) is 27.6. The number of aliphatic hydroxyl groups is 7. The van der Waals surface area contributed by atoms with Crippen molar-refractivity contribution < 1.29 is 99.7 Å². The van der Waals surface area contributed by atoms with Crippen LogP contribution in [0.15, 0.2) is 24.3 Å². The van der Waals surface area contributed by atoms with Crippen molar-refractivity contribution in [3.8, 4) is 5.75 Å². The summed E-state index contributed by atoms with van der Waals surface area (Å²) in [6.07, 6.45) is -9.29. The molecule has 484 valence electrons. The maximum atomic E-state index is 14.5. The van der Waals surface area contributed by atoms with Crippen LogP contribution in [-0.2, 0) is 43.2 Å². The van der Waals surface area contributed by atoms with Gasteiger partial charge in [-0.1, -0.05) is 77.8 Å². The fourth-order valence-corrected chi connectivity index (χ4v) is 10.00. The van der Waals surface area contributed by atoms with Crippen molar-refractivity contribution >= 4 is 53.3 Å². The zero-order valence-corrected chi connectivity index (χ0v) is 49.3. The van der Waals surface area contributed by atoms with Crippen LogP contribution in [-0.4, -0.2) is 226 Å². The second kappa shape index (κ2) is 38.1. The van der Waals surface area contributed by atoms with Gasteiger partial charge in [-0.15, -0.1) is 0 Å². The Labute approximate surface area is 501 Å². The third-order valence-electron chi connectivity index (χ3n) is 14.7. The number of carboxylic acid groups (broad SMARTS) is 2. The molecule has 0 radical (unpaired) electrons. The lowest BCUT2D eigenvalue weighted by molar-refractivity contribution is -0.146. The topological polar surface area (TPSA) is 487 Å². The second-order valence-electron chi connectivity index (χ2n) is 22.1. The number of fused-ring (bicyclic) bond motifs is 3. The first-order valence-electron chi connectivity index (χ1n) is 30.7. The number of benzene rings is 1. The Morgan fingerprint density at radius 2 is 1.28 bits per heavy atom. The zero-order valence-electron chi connectivity index (χ0n) is 53.3. The Morgan fingerprint density at radius 1 is 0.706 bits per heavy atom. The van der Waals surface area contributed by atoms with E-state index in [0.717, 1.165) is 87.6 Å². The molecule has 0 aliphatic carbocycles. The molecule has 3 aliphatic heterocycles. The minimum absolute atomic E-state index is 0.0915. The van der Waals surface area contributed by atoms with Crippen molar-refractivity contribution in [2.24, 2.45) is 29.2 Å². The van der Waals surface area contributed by atoms with Gasteiger partial charge in [-0.25, -0.2) is 0 Å². The molecule has 1 aromatic rings. The Kier molecular flexibility index (Phi) is 30.5. The number of amides is 7. The Bertz CT molecular complexity index is 2450. The number of nitrogens with zero attached hydrogens (tertiary/aromatic N) is 2. The summed E-state index contributed by atoms with van der Waals surface area (Å²) in [7, 11) is 0. The number of aliphatic carboxylic acids is 2. The summed E-state index contributed by atoms with van der Waals surface area (Å²) in [5, 5.41) is 118. The average molecular weight is 1220 g/mol. The fourth-order valence-electron chi connectivity index (χ4n) is 10.00. The predicted octanol–water partition coefficient (Wildman–Crippen LogP) is -3.27. The smallest absolute Gasteiger partial charge is 0.300 e. The summed E-state index contributed by atoms with van der Waals surface area (Å²) in [4.78, 5) is 120. The summed E-state index contributed by atoms with van der Waals surface area (Å²) >= 11 is 0. The molecule has 2 bridgehead atoms. The van der Waals surface area contributed by atoms with Gasteiger partial charge in [0.1, 0.15) is 54.3 Å². The van der Waals surface area contributed by atoms with E-state index < -0.39 is 184 Å². The van der Waals surface area contributed by atoms with Crippen LogP contribution in [0.3, 0.4) is 0 Å². The highest BCUT2D eigenvalue weighted by atomic mass is 16.4. The van der Waals surface area contributed by atoms with E-state index in [-0.39, 0.29) is 30.7 Å². The first-order valence-corrected chi connectivity index (χ1v) is 28.7.